The van der Waals surface area contributed by atoms with E-state index >= 15 is 0 Å². The number of anilines is 1. The number of nitrogens with zero attached hydrogens (tertiary/aromatic N) is 1. The number of hydrogen-bond donors (Lipinski definition) is 3. The smallest absolute Gasteiger partial charge is 0.414 e. The predicted octanol–water partition coefficient (Wildman–Crippen LogP) is 0.252. The van der Waals surface area contributed by atoms with Gasteiger partial charge in [0.1, 0.15) is 5.82 Å². The molecule has 1 aromatic rings. The van der Waals surface area contributed by atoms with Crippen LogP contribution in [0.3, 0.4) is 0 Å². The molecule has 0 saturated carbocycles. The van der Waals surface area contributed by atoms with Crippen molar-refractivity contribution < 1.29 is 33.7 Å². The minimum Gasteiger partial charge on any atom is -0.473 e. The van der Waals surface area contributed by atoms with Gasteiger partial charge in [0.05, 0.1) is 25.4 Å². The molecular weight excluding hydrogens is 311 g/mol. The highest BCUT2D eigenvalue weighted by molar-refractivity contribution is 6.27. The summed E-state index contributed by atoms with van der Waals surface area (Å²) in [5.74, 6) is -4.26. The molecule has 0 atom stereocenters. The number of aliphatic carboxylic acids is 2. The van der Waals surface area contributed by atoms with Crippen LogP contribution in [-0.4, -0.2) is 65.8 Å². The number of carboxylic acids is 2. The number of carboxylic acid groups (broad SMARTS) is 2. The molecule has 2 rings (SSSR count). The molecule has 1 amide bonds. The average Bonchev–Trinajstić information content (AvgIpc) is 2.51. The highest BCUT2D eigenvalue weighted by atomic mass is 19.1. The summed E-state index contributed by atoms with van der Waals surface area (Å²) >= 11 is 0. The number of carbonyl (C=O) groups excluding carboxylic acids is 1. The number of nitrogens with one attached hydrogen (secondary N) is 1. The van der Waals surface area contributed by atoms with E-state index in [9.17, 15) is 9.18 Å². The third-order valence-electron chi connectivity index (χ3n) is 2.80. The summed E-state index contributed by atoms with van der Waals surface area (Å²) in [6.07, 6.45) is 0. The molecule has 8 nitrogen and oxygen atoms in total. The van der Waals surface area contributed by atoms with E-state index in [1.807, 2.05) is 4.90 Å². The lowest BCUT2D eigenvalue weighted by Crippen LogP contribution is -2.41. The number of hydrogen-bond acceptors (Lipinski definition) is 5. The van der Waals surface area contributed by atoms with Gasteiger partial charge in [-0.2, -0.15) is 0 Å². The van der Waals surface area contributed by atoms with E-state index in [1.54, 1.807) is 18.2 Å². The summed E-state index contributed by atoms with van der Waals surface area (Å²) < 4.78 is 18.5. The third-order valence-corrected chi connectivity index (χ3v) is 2.80. The van der Waals surface area contributed by atoms with E-state index in [-0.39, 0.29) is 18.1 Å². The fourth-order valence-electron chi connectivity index (χ4n) is 1.71. The largest absolute Gasteiger partial charge is 0.473 e. The van der Waals surface area contributed by atoms with E-state index in [4.69, 9.17) is 24.5 Å². The summed E-state index contributed by atoms with van der Waals surface area (Å²) in [4.78, 5) is 31.9. The van der Waals surface area contributed by atoms with Gasteiger partial charge in [0, 0.05) is 13.1 Å². The molecule has 126 valence electrons. The monoisotopic (exact) mass is 328 g/mol. The first-order valence-corrected chi connectivity index (χ1v) is 6.71. The number of ether oxygens (including phenoxy) is 1. The van der Waals surface area contributed by atoms with E-state index < -0.39 is 17.8 Å². The summed E-state index contributed by atoms with van der Waals surface area (Å²) in [7, 11) is 0. The Labute approximate surface area is 131 Å². The van der Waals surface area contributed by atoms with Crippen LogP contribution in [0.15, 0.2) is 24.3 Å². The number of carbonyl (C=O) groups is 3. The van der Waals surface area contributed by atoms with Gasteiger partial charge in [-0.25, -0.2) is 14.0 Å². The molecule has 0 unspecified atom stereocenters. The number of halogens is 1. The Morgan fingerprint density at radius 2 is 1.70 bits per heavy atom. The minimum atomic E-state index is -1.82. The van der Waals surface area contributed by atoms with E-state index in [0.29, 0.717) is 13.2 Å². The Morgan fingerprint density at radius 3 is 2.22 bits per heavy atom. The Bertz CT molecular complexity index is 548. The number of rotatable bonds is 3. The Hall–Kier alpha value is -2.52. The van der Waals surface area contributed by atoms with E-state index in [2.05, 4.69) is 5.32 Å². The van der Waals surface area contributed by atoms with Gasteiger partial charge in [-0.05, 0) is 12.1 Å². The van der Waals surface area contributed by atoms with Crippen molar-refractivity contribution in [1.29, 1.82) is 0 Å². The second kappa shape index (κ2) is 9.49. The molecule has 1 saturated heterocycles. The summed E-state index contributed by atoms with van der Waals surface area (Å²) in [5, 5.41) is 17.3. The van der Waals surface area contributed by atoms with Crippen LogP contribution in [0.5, 0.6) is 0 Å². The molecule has 1 fully saturated rings. The zero-order valence-electron chi connectivity index (χ0n) is 12.2. The molecular formula is C14H17FN2O6. The molecule has 23 heavy (non-hydrogen) atoms. The normalized spacial score (nSPS) is 14.3. The highest BCUT2D eigenvalue weighted by Gasteiger charge is 2.14. The van der Waals surface area contributed by atoms with Crippen molar-refractivity contribution in [2.45, 2.75) is 0 Å². The molecule has 3 N–H and O–H groups in total. The van der Waals surface area contributed by atoms with Crippen molar-refractivity contribution >= 4 is 23.5 Å². The lowest BCUT2D eigenvalue weighted by molar-refractivity contribution is -0.159. The van der Waals surface area contributed by atoms with Crippen LogP contribution in [0, 0.1) is 5.82 Å². The minimum absolute atomic E-state index is 0.197. The molecule has 0 radical (unpaired) electrons. The zero-order chi connectivity index (χ0) is 17.2. The van der Waals surface area contributed by atoms with Gasteiger partial charge in [0.2, 0.25) is 5.91 Å². The molecule has 0 spiro atoms. The summed E-state index contributed by atoms with van der Waals surface area (Å²) in [6, 6.07) is 6.15. The van der Waals surface area contributed by atoms with Gasteiger partial charge in [0.15, 0.2) is 0 Å². The second-order valence-electron chi connectivity index (χ2n) is 4.53. The van der Waals surface area contributed by atoms with Gasteiger partial charge >= 0.3 is 11.9 Å². The van der Waals surface area contributed by atoms with Gasteiger partial charge in [-0.1, -0.05) is 12.1 Å². The Balaban J connectivity index is 0.000000379. The van der Waals surface area contributed by atoms with Crippen molar-refractivity contribution in [2.24, 2.45) is 0 Å². The topological polar surface area (TPSA) is 116 Å². The lowest BCUT2D eigenvalue weighted by atomic mass is 10.3. The van der Waals surface area contributed by atoms with Crippen molar-refractivity contribution in [3.63, 3.8) is 0 Å². The maximum Gasteiger partial charge on any atom is 0.414 e. The van der Waals surface area contributed by atoms with Crippen molar-refractivity contribution in [3.8, 4) is 0 Å². The molecule has 0 aliphatic carbocycles. The van der Waals surface area contributed by atoms with Crippen molar-refractivity contribution in [1.82, 2.24) is 4.90 Å². The number of para-hydroxylation sites is 1. The van der Waals surface area contributed by atoms with Crippen molar-refractivity contribution in [3.05, 3.63) is 30.1 Å². The average molecular weight is 328 g/mol. The first-order valence-electron chi connectivity index (χ1n) is 6.71. The first kappa shape index (κ1) is 18.5. The molecule has 1 heterocycles. The maximum atomic E-state index is 13.3. The first-order chi connectivity index (χ1) is 10.9. The number of morpholine rings is 1. The zero-order valence-corrected chi connectivity index (χ0v) is 12.2. The van der Waals surface area contributed by atoms with Gasteiger partial charge in [-0.15, -0.1) is 0 Å². The van der Waals surface area contributed by atoms with Crippen LogP contribution in [0.1, 0.15) is 0 Å². The van der Waals surface area contributed by atoms with Gasteiger partial charge in [-0.3, -0.25) is 9.69 Å². The number of amides is 1. The maximum absolute atomic E-state index is 13.3. The standard InChI is InChI=1S/C12H15FN2O2.C2H2O4/c13-10-3-1-2-4-11(10)14-12(16)9-15-5-7-17-8-6-15;3-1(4)2(5)6/h1-4H,5-9H2,(H,14,16);(H,3,4)(H,5,6). The van der Waals surface area contributed by atoms with Crippen LogP contribution in [0.25, 0.3) is 0 Å². The fourth-order valence-corrected chi connectivity index (χ4v) is 1.71. The van der Waals surface area contributed by atoms with Crippen LogP contribution >= 0.6 is 0 Å². The van der Waals surface area contributed by atoms with Gasteiger partial charge in [0.25, 0.3) is 0 Å². The second-order valence-corrected chi connectivity index (χ2v) is 4.53. The molecule has 9 heteroatoms. The third kappa shape index (κ3) is 7.34. The quantitative estimate of drug-likeness (QED) is 0.681. The Kier molecular flexibility index (Phi) is 7.64. The van der Waals surface area contributed by atoms with Crippen LogP contribution < -0.4 is 5.32 Å². The lowest BCUT2D eigenvalue weighted by Gasteiger charge is -2.25. The fraction of sp³-hybridized carbons (Fsp3) is 0.357. The summed E-state index contributed by atoms with van der Waals surface area (Å²) in [6.45, 7) is 3.05. The molecule has 1 aliphatic heterocycles. The molecule has 0 bridgehead atoms. The SMILES string of the molecule is O=C(CN1CCOCC1)Nc1ccccc1F.O=C(O)C(=O)O. The van der Waals surface area contributed by atoms with E-state index in [0.717, 1.165) is 13.1 Å². The molecule has 0 aromatic heterocycles. The molecule has 1 aromatic carbocycles. The van der Waals surface area contributed by atoms with Gasteiger partial charge < -0.3 is 20.3 Å². The van der Waals surface area contributed by atoms with Crippen molar-refractivity contribution in [2.75, 3.05) is 38.2 Å². The highest BCUT2D eigenvalue weighted by Crippen LogP contribution is 2.12. The molecule has 1 aliphatic rings. The van der Waals surface area contributed by atoms with Crippen LogP contribution in [-0.2, 0) is 19.1 Å². The van der Waals surface area contributed by atoms with E-state index in [1.165, 1.54) is 6.07 Å². The van der Waals surface area contributed by atoms with Crippen LogP contribution in [0.2, 0.25) is 0 Å². The predicted molar refractivity (Wildman–Crippen MR) is 77.6 cm³/mol. The van der Waals surface area contributed by atoms with Crippen LogP contribution in [0.4, 0.5) is 10.1 Å². The number of benzene rings is 1. The summed E-state index contributed by atoms with van der Waals surface area (Å²) in [5.41, 5.74) is 0.228. The Morgan fingerprint density at radius 1 is 1.13 bits per heavy atom.